The smallest absolute Gasteiger partial charge is 0.348 e. The predicted molar refractivity (Wildman–Crippen MR) is 106 cm³/mol. The Kier molecular flexibility index (Phi) is 6.29. The number of esters is 1. The van der Waals surface area contributed by atoms with Gasteiger partial charge in [-0.15, -0.1) is 0 Å². The fourth-order valence-electron chi connectivity index (χ4n) is 2.76. The Morgan fingerprint density at radius 1 is 1.10 bits per heavy atom. The fraction of sp³-hybridized carbons (Fsp3) is 0.227. The molecule has 1 atom stereocenters. The first-order valence-corrected chi connectivity index (χ1v) is 9.20. The molecule has 29 heavy (non-hydrogen) atoms. The van der Waals surface area contributed by atoms with Gasteiger partial charge in [-0.25, -0.2) is 4.79 Å². The summed E-state index contributed by atoms with van der Waals surface area (Å²) >= 11 is 0. The number of hydrogen-bond acceptors (Lipinski definition) is 7. The van der Waals surface area contributed by atoms with Crippen molar-refractivity contribution in [1.82, 2.24) is 0 Å². The van der Waals surface area contributed by atoms with E-state index in [-0.39, 0.29) is 23.8 Å². The van der Waals surface area contributed by atoms with Crippen molar-refractivity contribution in [2.75, 3.05) is 18.5 Å². The van der Waals surface area contributed by atoms with E-state index in [1.807, 2.05) is 13.0 Å². The predicted octanol–water partition coefficient (Wildman–Crippen LogP) is 3.12. The van der Waals surface area contributed by atoms with Gasteiger partial charge in [0.25, 0.3) is 0 Å². The summed E-state index contributed by atoms with van der Waals surface area (Å²) in [6.45, 7) is 3.58. The van der Waals surface area contributed by atoms with Gasteiger partial charge in [0.1, 0.15) is 5.75 Å². The average Bonchev–Trinajstić information content (AvgIpc) is 3.09. The standard InChI is InChI=1S/C22H21NO6/c1-3-27-17-11-9-15(10-12-17)20(25)14(2)29-22(26)19-18(24)13-28-21(19)23-16-7-5-4-6-8-16/h4-12,14,23H,3,13H2,1-2H3/t14-/m0/s1. The third kappa shape index (κ3) is 4.82. The number of ketones is 2. The Labute approximate surface area is 168 Å². The summed E-state index contributed by atoms with van der Waals surface area (Å²) in [4.78, 5) is 37.2. The van der Waals surface area contributed by atoms with E-state index in [1.165, 1.54) is 6.92 Å². The van der Waals surface area contributed by atoms with Crippen molar-refractivity contribution in [2.24, 2.45) is 0 Å². The van der Waals surface area contributed by atoms with Gasteiger partial charge in [-0.2, -0.15) is 0 Å². The number of carbonyl (C=O) groups is 3. The van der Waals surface area contributed by atoms with Gasteiger partial charge in [0.2, 0.25) is 17.4 Å². The van der Waals surface area contributed by atoms with Crippen LogP contribution in [0.25, 0.3) is 0 Å². The molecule has 0 amide bonds. The van der Waals surface area contributed by atoms with Gasteiger partial charge >= 0.3 is 5.97 Å². The molecule has 0 fully saturated rings. The molecule has 0 saturated carbocycles. The van der Waals surface area contributed by atoms with Crippen LogP contribution in [0.15, 0.2) is 66.1 Å². The Hall–Kier alpha value is -3.61. The molecule has 0 unspecified atom stereocenters. The molecule has 150 valence electrons. The fourth-order valence-corrected chi connectivity index (χ4v) is 2.76. The normalized spacial score (nSPS) is 14.2. The molecule has 0 radical (unpaired) electrons. The Bertz CT molecular complexity index is 934. The lowest BCUT2D eigenvalue weighted by Gasteiger charge is -2.13. The highest BCUT2D eigenvalue weighted by Crippen LogP contribution is 2.22. The largest absolute Gasteiger partial charge is 0.494 e. The van der Waals surface area contributed by atoms with Crippen LogP contribution in [0, 0.1) is 0 Å². The Morgan fingerprint density at radius 2 is 1.79 bits per heavy atom. The molecule has 1 heterocycles. The van der Waals surface area contributed by atoms with Crippen LogP contribution < -0.4 is 10.1 Å². The molecule has 7 heteroatoms. The summed E-state index contributed by atoms with van der Waals surface area (Å²) in [6.07, 6.45) is -1.07. The van der Waals surface area contributed by atoms with Gasteiger partial charge < -0.3 is 19.5 Å². The van der Waals surface area contributed by atoms with Crippen LogP contribution in [-0.4, -0.2) is 36.9 Å². The quantitative estimate of drug-likeness (QED) is 0.417. The maximum atomic E-state index is 12.6. The molecule has 7 nitrogen and oxygen atoms in total. The minimum Gasteiger partial charge on any atom is -0.494 e. The van der Waals surface area contributed by atoms with Crippen molar-refractivity contribution in [1.29, 1.82) is 0 Å². The molecule has 2 aromatic rings. The number of para-hydroxylation sites is 1. The third-order valence-corrected chi connectivity index (χ3v) is 4.19. The minimum atomic E-state index is -1.07. The molecule has 0 saturated heterocycles. The van der Waals surface area contributed by atoms with E-state index in [0.29, 0.717) is 23.6 Å². The number of Topliss-reactive ketones (excluding diaryl/α,β-unsaturated/α-hetero) is 2. The first-order valence-electron chi connectivity index (χ1n) is 9.20. The Balaban J connectivity index is 1.70. The van der Waals surface area contributed by atoms with Crippen LogP contribution >= 0.6 is 0 Å². The molecule has 0 bridgehead atoms. The van der Waals surface area contributed by atoms with Crippen LogP contribution in [0.4, 0.5) is 5.69 Å². The van der Waals surface area contributed by atoms with Crippen LogP contribution in [0.3, 0.4) is 0 Å². The molecule has 0 aromatic heterocycles. The number of nitrogens with one attached hydrogen (secondary N) is 1. The number of rotatable bonds is 8. The SMILES string of the molecule is CCOc1ccc(C(=O)[C@H](C)OC(=O)C2=C(Nc3ccccc3)OCC2=O)cc1. The monoisotopic (exact) mass is 395 g/mol. The molecule has 1 aliphatic rings. The minimum absolute atomic E-state index is 0.0203. The summed E-state index contributed by atoms with van der Waals surface area (Å²) in [6, 6.07) is 15.5. The Morgan fingerprint density at radius 3 is 2.45 bits per heavy atom. The topological polar surface area (TPSA) is 90.9 Å². The van der Waals surface area contributed by atoms with E-state index in [0.717, 1.165) is 0 Å². The molecule has 1 N–H and O–H groups in total. The second-order valence-electron chi connectivity index (χ2n) is 6.28. The third-order valence-electron chi connectivity index (χ3n) is 4.19. The van der Waals surface area contributed by atoms with Crippen molar-refractivity contribution in [2.45, 2.75) is 20.0 Å². The highest BCUT2D eigenvalue weighted by Gasteiger charge is 2.34. The van der Waals surface area contributed by atoms with Gasteiger partial charge in [-0.1, -0.05) is 18.2 Å². The van der Waals surface area contributed by atoms with Crippen LogP contribution in [-0.2, 0) is 19.1 Å². The highest BCUT2D eigenvalue weighted by atomic mass is 16.6. The van der Waals surface area contributed by atoms with E-state index < -0.39 is 17.9 Å². The van der Waals surface area contributed by atoms with Crippen molar-refractivity contribution < 1.29 is 28.6 Å². The van der Waals surface area contributed by atoms with Gasteiger partial charge in [0.15, 0.2) is 18.3 Å². The van der Waals surface area contributed by atoms with Crippen molar-refractivity contribution in [3.8, 4) is 5.75 Å². The van der Waals surface area contributed by atoms with E-state index in [9.17, 15) is 14.4 Å². The molecular weight excluding hydrogens is 374 g/mol. The second-order valence-corrected chi connectivity index (χ2v) is 6.28. The summed E-state index contributed by atoms with van der Waals surface area (Å²) in [5.41, 5.74) is 0.792. The number of benzene rings is 2. The lowest BCUT2D eigenvalue weighted by Crippen LogP contribution is -2.27. The van der Waals surface area contributed by atoms with E-state index in [4.69, 9.17) is 14.2 Å². The molecule has 2 aromatic carbocycles. The molecule has 0 aliphatic carbocycles. The first-order chi connectivity index (χ1) is 14.0. The van der Waals surface area contributed by atoms with Crippen molar-refractivity contribution >= 4 is 23.2 Å². The lowest BCUT2D eigenvalue weighted by atomic mass is 10.1. The zero-order valence-electron chi connectivity index (χ0n) is 16.1. The van der Waals surface area contributed by atoms with Gasteiger partial charge in [0.05, 0.1) is 6.61 Å². The number of anilines is 1. The second kappa shape index (κ2) is 9.05. The number of hydrogen-bond donors (Lipinski definition) is 1. The summed E-state index contributed by atoms with van der Waals surface area (Å²) in [5, 5.41) is 2.89. The van der Waals surface area contributed by atoms with Crippen molar-refractivity contribution in [3.05, 3.63) is 71.6 Å². The lowest BCUT2D eigenvalue weighted by molar-refractivity contribution is -0.142. The van der Waals surface area contributed by atoms with Gasteiger partial charge in [-0.05, 0) is 50.2 Å². The van der Waals surface area contributed by atoms with Crippen molar-refractivity contribution in [3.63, 3.8) is 0 Å². The zero-order valence-corrected chi connectivity index (χ0v) is 16.1. The maximum Gasteiger partial charge on any atom is 0.348 e. The average molecular weight is 395 g/mol. The summed E-state index contributed by atoms with van der Waals surface area (Å²) in [7, 11) is 0. The molecular formula is C22H21NO6. The van der Waals surface area contributed by atoms with Gasteiger partial charge in [-0.3, -0.25) is 9.59 Å². The highest BCUT2D eigenvalue weighted by molar-refractivity contribution is 6.20. The van der Waals surface area contributed by atoms with E-state index in [1.54, 1.807) is 48.5 Å². The molecule has 1 aliphatic heterocycles. The van der Waals surface area contributed by atoms with E-state index in [2.05, 4.69) is 5.32 Å². The summed E-state index contributed by atoms with van der Waals surface area (Å²) in [5.74, 6) is -1.13. The molecule has 3 rings (SSSR count). The zero-order chi connectivity index (χ0) is 20.8. The number of carbonyl (C=O) groups excluding carboxylic acids is 3. The summed E-state index contributed by atoms with van der Waals surface area (Å²) < 4.78 is 15.9. The van der Waals surface area contributed by atoms with E-state index >= 15 is 0 Å². The maximum absolute atomic E-state index is 12.6. The van der Waals surface area contributed by atoms with Gasteiger partial charge in [0, 0.05) is 11.3 Å². The number of ether oxygens (including phenoxy) is 3. The van der Waals surface area contributed by atoms with Crippen LogP contribution in [0.1, 0.15) is 24.2 Å². The van der Waals surface area contributed by atoms with Crippen LogP contribution in [0.2, 0.25) is 0 Å². The van der Waals surface area contributed by atoms with Crippen LogP contribution in [0.5, 0.6) is 5.75 Å². The first kappa shape index (κ1) is 20.1. The molecule has 0 spiro atoms.